The third-order valence-corrected chi connectivity index (χ3v) is 9.11. The second-order valence-corrected chi connectivity index (χ2v) is 13.0. The summed E-state index contributed by atoms with van der Waals surface area (Å²) in [5, 5.41) is 4.22. The zero-order chi connectivity index (χ0) is 30.1. The molecule has 0 fully saturated rings. The second kappa shape index (κ2) is 14.3. The van der Waals surface area contributed by atoms with Gasteiger partial charge in [0, 0.05) is 31.3 Å². The van der Waals surface area contributed by atoms with Crippen LogP contribution in [0.25, 0.3) is 0 Å². The minimum absolute atomic E-state index is 0.0195. The van der Waals surface area contributed by atoms with E-state index < -0.39 is 10.0 Å². The summed E-state index contributed by atoms with van der Waals surface area (Å²) < 4.78 is 39.4. The molecule has 0 aliphatic heterocycles. The van der Waals surface area contributed by atoms with Crippen molar-refractivity contribution in [3.05, 3.63) is 136 Å². The molecule has 5 aromatic rings. The average molecular weight is 613 g/mol. The lowest BCUT2D eigenvalue weighted by atomic mass is 10.1. The number of thiophene rings is 1. The van der Waals surface area contributed by atoms with Crippen LogP contribution in [-0.2, 0) is 29.5 Å². The van der Waals surface area contributed by atoms with Gasteiger partial charge in [0.05, 0.1) is 18.0 Å². The molecule has 1 N–H and O–H groups in total. The van der Waals surface area contributed by atoms with Gasteiger partial charge in [0.2, 0.25) is 10.0 Å². The van der Waals surface area contributed by atoms with Crippen molar-refractivity contribution in [2.24, 2.45) is 0 Å². The molecule has 0 saturated carbocycles. The molecule has 0 aliphatic carbocycles. The molecule has 0 saturated heterocycles. The zero-order valence-electron chi connectivity index (χ0n) is 24.4. The number of benzene rings is 4. The normalized spacial score (nSPS) is 11.2. The summed E-state index contributed by atoms with van der Waals surface area (Å²) in [7, 11) is -3.39. The van der Waals surface area contributed by atoms with E-state index in [9.17, 15) is 8.42 Å². The fourth-order valence-corrected chi connectivity index (χ4v) is 6.12. The number of rotatable bonds is 14. The molecule has 0 spiro atoms. The first-order valence-electron chi connectivity index (χ1n) is 14.3. The molecule has 222 valence electrons. The van der Waals surface area contributed by atoms with Crippen molar-refractivity contribution in [2.45, 2.75) is 33.4 Å². The van der Waals surface area contributed by atoms with E-state index in [4.69, 9.17) is 9.47 Å². The Balaban J connectivity index is 1.29. The molecule has 4 aromatic carbocycles. The minimum atomic E-state index is -3.39. The SMILES string of the molecule is CCS(=O)(=O)Nc1cccc(N(Cc2ccccc2)Cc2ccc(Oc3cccc(OCCc4ccsc4)c3)cc2)c1C. The molecule has 6 nitrogen and oxygen atoms in total. The summed E-state index contributed by atoms with van der Waals surface area (Å²) >= 11 is 1.70. The van der Waals surface area contributed by atoms with Gasteiger partial charge in [0.25, 0.3) is 0 Å². The van der Waals surface area contributed by atoms with Gasteiger partial charge in [-0.3, -0.25) is 4.72 Å². The summed E-state index contributed by atoms with van der Waals surface area (Å²) in [5.41, 5.74) is 6.00. The van der Waals surface area contributed by atoms with Crippen LogP contribution in [0.4, 0.5) is 11.4 Å². The first kappa shape index (κ1) is 30.2. The topological polar surface area (TPSA) is 67.9 Å². The monoisotopic (exact) mass is 612 g/mol. The highest BCUT2D eigenvalue weighted by atomic mass is 32.2. The number of hydrogen-bond donors (Lipinski definition) is 1. The lowest BCUT2D eigenvalue weighted by molar-refractivity contribution is 0.320. The molecule has 0 bridgehead atoms. The van der Waals surface area contributed by atoms with Gasteiger partial charge < -0.3 is 14.4 Å². The average Bonchev–Trinajstić information content (AvgIpc) is 3.53. The highest BCUT2D eigenvalue weighted by Gasteiger charge is 2.16. The van der Waals surface area contributed by atoms with Crippen molar-refractivity contribution in [1.82, 2.24) is 0 Å². The molecule has 43 heavy (non-hydrogen) atoms. The van der Waals surface area contributed by atoms with Crippen LogP contribution in [0.2, 0.25) is 0 Å². The van der Waals surface area contributed by atoms with E-state index in [2.05, 4.69) is 50.7 Å². The van der Waals surface area contributed by atoms with E-state index in [-0.39, 0.29) is 5.75 Å². The van der Waals surface area contributed by atoms with E-state index in [1.54, 1.807) is 18.3 Å². The fraction of sp³-hybridized carbons (Fsp3) is 0.200. The van der Waals surface area contributed by atoms with E-state index >= 15 is 0 Å². The fourth-order valence-electron chi connectivity index (χ4n) is 4.71. The summed E-state index contributed by atoms with van der Waals surface area (Å²) in [5.74, 6) is 2.25. The van der Waals surface area contributed by atoms with Gasteiger partial charge in [0.15, 0.2) is 0 Å². The largest absolute Gasteiger partial charge is 0.493 e. The summed E-state index contributed by atoms with van der Waals surface area (Å²) in [6, 6.07) is 33.9. The number of nitrogens with zero attached hydrogens (tertiary/aromatic N) is 1. The predicted octanol–water partition coefficient (Wildman–Crippen LogP) is 8.44. The molecular weight excluding hydrogens is 577 g/mol. The molecule has 5 rings (SSSR count). The maximum absolute atomic E-state index is 12.3. The third kappa shape index (κ3) is 8.63. The van der Waals surface area contributed by atoms with E-state index in [1.165, 1.54) is 11.1 Å². The van der Waals surface area contributed by atoms with Crippen molar-refractivity contribution in [3.8, 4) is 17.2 Å². The maximum Gasteiger partial charge on any atom is 0.232 e. The van der Waals surface area contributed by atoms with E-state index in [1.807, 2.05) is 79.7 Å². The van der Waals surface area contributed by atoms with Crippen molar-refractivity contribution < 1.29 is 17.9 Å². The Kier molecular flexibility index (Phi) is 10.0. The Bertz CT molecular complexity index is 1710. The smallest absolute Gasteiger partial charge is 0.232 e. The molecule has 1 aromatic heterocycles. The van der Waals surface area contributed by atoms with Crippen LogP contribution >= 0.6 is 11.3 Å². The van der Waals surface area contributed by atoms with E-state index in [0.29, 0.717) is 31.1 Å². The van der Waals surface area contributed by atoms with Crippen molar-refractivity contribution in [1.29, 1.82) is 0 Å². The van der Waals surface area contributed by atoms with Gasteiger partial charge in [-0.1, -0.05) is 54.6 Å². The van der Waals surface area contributed by atoms with Gasteiger partial charge >= 0.3 is 0 Å². The first-order chi connectivity index (χ1) is 20.9. The van der Waals surface area contributed by atoms with Crippen LogP contribution < -0.4 is 19.1 Å². The molecule has 0 aliphatic rings. The van der Waals surface area contributed by atoms with Gasteiger partial charge in [-0.25, -0.2) is 8.42 Å². The summed E-state index contributed by atoms with van der Waals surface area (Å²) in [6.07, 6.45) is 0.871. The van der Waals surface area contributed by atoms with Crippen LogP contribution in [0.5, 0.6) is 17.2 Å². The highest BCUT2D eigenvalue weighted by molar-refractivity contribution is 7.92. The van der Waals surface area contributed by atoms with Crippen molar-refractivity contribution >= 4 is 32.7 Å². The lowest BCUT2D eigenvalue weighted by Gasteiger charge is -2.28. The van der Waals surface area contributed by atoms with Crippen LogP contribution in [0.1, 0.15) is 29.2 Å². The predicted molar refractivity (Wildman–Crippen MR) is 177 cm³/mol. The zero-order valence-corrected chi connectivity index (χ0v) is 26.0. The maximum atomic E-state index is 12.3. The highest BCUT2D eigenvalue weighted by Crippen LogP contribution is 2.31. The summed E-state index contributed by atoms with van der Waals surface area (Å²) in [4.78, 5) is 2.27. The standard InChI is InChI=1S/C35H36N2O4S2/c1-3-43(38,39)36-34-13-8-14-35(27(34)2)37(24-28-9-5-4-6-10-28)25-29-15-17-31(18-16-29)41-33-12-7-11-32(23-33)40-21-19-30-20-22-42-26-30/h4-18,20,22-23,26,36H,3,19,21,24-25H2,1-2H3. The number of hydrogen-bond acceptors (Lipinski definition) is 6. The van der Waals surface area contributed by atoms with Crippen LogP contribution in [0, 0.1) is 6.92 Å². The first-order valence-corrected chi connectivity index (χ1v) is 16.9. The second-order valence-electron chi connectivity index (χ2n) is 10.2. The van der Waals surface area contributed by atoms with Gasteiger partial charge in [-0.15, -0.1) is 0 Å². The van der Waals surface area contributed by atoms with Crippen molar-refractivity contribution in [3.63, 3.8) is 0 Å². The Morgan fingerprint density at radius 1 is 0.767 bits per heavy atom. The molecule has 0 amide bonds. The number of nitrogens with one attached hydrogen (secondary N) is 1. The third-order valence-electron chi connectivity index (χ3n) is 7.09. The number of anilines is 2. The van der Waals surface area contributed by atoms with Crippen LogP contribution in [0.15, 0.2) is 114 Å². The quantitative estimate of drug-likeness (QED) is 0.136. The number of ether oxygens (including phenoxy) is 2. The molecular formula is C35H36N2O4S2. The molecule has 0 unspecified atom stereocenters. The Morgan fingerprint density at radius 2 is 1.49 bits per heavy atom. The Labute approximate surface area is 258 Å². The molecule has 8 heteroatoms. The van der Waals surface area contributed by atoms with Gasteiger partial charge in [0.1, 0.15) is 17.2 Å². The van der Waals surface area contributed by atoms with Gasteiger partial charge in [-0.05, 0) is 89.3 Å². The molecule has 0 atom stereocenters. The van der Waals surface area contributed by atoms with E-state index in [0.717, 1.165) is 34.7 Å². The minimum Gasteiger partial charge on any atom is -0.493 e. The lowest BCUT2D eigenvalue weighted by Crippen LogP contribution is -2.24. The van der Waals surface area contributed by atoms with Crippen LogP contribution in [-0.4, -0.2) is 20.8 Å². The molecule has 0 radical (unpaired) electrons. The summed E-state index contributed by atoms with van der Waals surface area (Å²) in [6.45, 7) is 5.50. The Morgan fingerprint density at radius 3 is 2.21 bits per heavy atom. The Hall–Kier alpha value is -4.27. The van der Waals surface area contributed by atoms with Crippen LogP contribution in [0.3, 0.4) is 0 Å². The van der Waals surface area contributed by atoms with Crippen molar-refractivity contribution in [2.75, 3.05) is 22.0 Å². The molecule has 1 heterocycles. The van der Waals surface area contributed by atoms with Gasteiger partial charge in [-0.2, -0.15) is 11.3 Å². The number of sulfonamides is 1.